The van der Waals surface area contributed by atoms with E-state index in [-0.39, 0.29) is 0 Å². The molecule has 0 aromatic heterocycles. The summed E-state index contributed by atoms with van der Waals surface area (Å²) in [6.07, 6.45) is -1.27. The van der Waals surface area contributed by atoms with Crippen molar-refractivity contribution in [3.8, 4) is 0 Å². The highest BCUT2D eigenvalue weighted by molar-refractivity contribution is 7.91. The van der Waals surface area contributed by atoms with E-state index in [2.05, 4.69) is 4.74 Å². The van der Waals surface area contributed by atoms with Crippen LogP contribution in [0.4, 0.5) is 25.0 Å². The fourth-order valence-electron chi connectivity index (χ4n) is 0.966. The van der Waals surface area contributed by atoms with Crippen LogP contribution in [0.5, 0.6) is 0 Å². The SMILES string of the molecule is COC(=O)NS(=O)(=O)Nc1cc(N)c(F)cc1F. The summed E-state index contributed by atoms with van der Waals surface area (Å²) in [4.78, 5) is 10.7. The molecule has 0 radical (unpaired) electrons. The third-order valence-corrected chi connectivity index (χ3v) is 2.66. The van der Waals surface area contributed by atoms with Gasteiger partial charge in [-0.1, -0.05) is 0 Å². The molecule has 0 fully saturated rings. The lowest BCUT2D eigenvalue weighted by atomic mass is 10.2. The van der Waals surface area contributed by atoms with Gasteiger partial charge >= 0.3 is 16.3 Å². The van der Waals surface area contributed by atoms with E-state index in [4.69, 9.17) is 5.73 Å². The highest BCUT2D eigenvalue weighted by Gasteiger charge is 2.17. The van der Waals surface area contributed by atoms with E-state index in [1.54, 1.807) is 4.72 Å². The van der Waals surface area contributed by atoms with Gasteiger partial charge in [-0.25, -0.2) is 18.3 Å². The first-order valence-electron chi connectivity index (χ1n) is 4.38. The van der Waals surface area contributed by atoms with Crippen LogP contribution in [-0.4, -0.2) is 21.6 Å². The lowest BCUT2D eigenvalue weighted by Gasteiger charge is -2.10. The molecule has 1 aromatic rings. The van der Waals surface area contributed by atoms with E-state index in [0.717, 1.165) is 13.2 Å². The summed E-state index contributed by atoms with van der Waals surface area (Å²) in [5.41, 5.74) is 4.09. The second kappa shape index (κ2) is 5.04. The summed E-state index contributed by atoms with van der Waals surface area (Å²) in [5, 5.41) is 0. The average Bonchev–Trinajstić information content (AvgIpc) is 2.24. The molecule has 4 N–H and O–H groups in total. The minimum atomic E-state index is -4.39. The summed E-state index contributed by atoms with van der Waals surface area (Å²) in [6, 6.07) is 1.15. The van der Waals surface area contributed by atoms with Crippen LogP contribution in [0.3, 0.4) is 0 Å². The van der Waals surface area contributed by atoms with Gasteiger partial charge in [-0.15, -0.1) is 0 Å². The topological polar surface area (TPSA) is 111 Å². The Balaban J connectivity index is 2.98. The van der Waals surface area contributed by atoms with Crippen LogP contribution in [0, 0.1) is 11.6 Å². The average molecular weight is 281 g/mol. The molecule has 1 amide bonds. The molecule has 0 heterocycles. The molecular formula is C8H9F2N3O4S. The van der Waals surface area contributed by atoms with E-state index in [9.17, 15) is 22.0 Å². The molecule has 100 valence electrons. The molecule has 1 rings (SSSR count). The van der Waals surface area contributed by atoms with Gasteiger partial charge < -0.3 is 10.5 Å². The van der Waals surface area contributed by atoms with Crippen LogP contribution in [0.1, 0.15) is 0 Å². The monoisotopic (exact) mass is 281 g/mol. The Morgan fingerprint density at radius 1 is 1.33 bits per heavy atom. The number of nitrogens with one attached hydrogen (secondary N) is 2. The van der Waals surface area contributed by atoms with E-state index in [1.807, 2.05) is 0 Å². The van der Waals surface area contributed by atoms with Crippen molar-refractivity contribution in [3.05, 3.63) is 23.8 Å². The number of nitrogens with two attached hydrogens (primary N) is 1. The first-order valence-corrected chi connectivity index (χ1v) is 5.86. The largest absolute Gasteiger partial charge is 0.452 e. The van der Waals surface area contributed by atoms with Gasteiger partial charge in [-0.05, 0) is 6.07 Å². The Morgan fingerprint density at radius 3 is 2.50 bits per heavy atom. The molecular weight excluding hydrogens is 272 g/mol. The molecule has 18 heavy (non-hydrogen) atoms. The first kappa shape index (κ1) is 14.0. The van der Waals surface area contributed by atoms with Gasteiger partial charge in [0.05, 0.1) is 18.5 Å². The number of amides is 1. The van der Waals surface area contributed by atoms with Crippen molar-refractivity contribution < 1.29 is 26.7 Å². The summed E-state index contributed by atoms with van der Waals surface area (Å²) >= 11 is 0. The van der Waals surface area contributed by atoms with Crippen LogP contribution in [0.2, 0.25) is 0 Å². The fourth-order valence-corrected chi connectivity index (χ4v) is 1.77. The van der Waals surface area contributed by atoms with E-state index >= 15 is 0 Å². The first-order chi connectivity index (χ1) is 8.25. The molecule has 0 aliphatic rings. The molecule has 7 nitrogen and oxygen atoms in total. The number of rotatable bonds is 3. The minimum Gasteiger partial charge on any atom is -0.452 e. The van der Waals surface area contributed by atoms with E-state index in [0.29, 0.717) is 6.07 Å². The third kappa shape index (κ3) is 3.45. The molecule has 0 atom stereocenters. The number of halogens is 2. The predicted octanol–water partition coefficient (Wildman–Crippen LogP) is 0.560. The third-order valence-electron chi connectivity index (χ3n) is 1.73. The van der Waals surface area contributed by atoms with Crippen LogP contribution in [0.15, 0.2) is 12.1 Å². The minimum absolute atomic E-state index is 0.408. The van der Waals surface area contributed by atoms with Crippen molar-refractivity contribution in [3.63, 3.8) is 0 Å². The summed E-state index contributed by atoms with van der Waals surface area (Å²) in [7, 11) is -3.44. The van der Waals surface area contributed by atoms with Gasteiger partial charge in [0.15, 0.2) is 0 Å². The Kier molecular flexibility index (Phi) is 3.91. The summed E-state index contributed by atoms with van der Waals surface area (Å²) < 4.78 is 55.7. The van der Waals surface area contributed by atoms with E-state index < -0.39 is 39.3 Å². The number of anilines is 2. The van der Waals surface area contributed by atoms with Gasteiger partial charge in [0.1, 0.15) is 11.6 Å². The van der Waals surface area contributed by atoms with Gasteiger partial charge in [-0.2, -0.15) is 8.42 Å². The number of ether oxygens (including phenoxy) is 1. The second-order valence-corrected chi connectivity index (χ2v) is 4.47. The lowest BCUT2D eigenvalue weighted by molar-refractivity contribution is 0.177. The second-order valence-electron chi connectivity index (χ2n) is 3.05. The van der Waals surface area contributed by atoms with Crippen LogP contribution < -0.4 is 15.2 Å². The Hall–Kier alpha value is -2.10. The molecule has 0 aliphatic carbocycles. The fraction of sp³-hybridized carbons (Fsp3) is 0.125. The van der Waals surface area contributed by atoms with Crippen molar-refractivity contribution in [1.82, 2.24) is 4.72 Å². The molecule has 0 saturated carbocycles. The molecule has 0 aliphatic heterocycles. The van der Waals surface area contributed by atoms with Gasteiger partial charge in [0.25, 0.3) is 0 Å². The lowest BCUT2D eigenvalue weighted by Crippen LogP contribution is -2.35. The zero-order valence-corrected chi connectivity index (χ0v) is 9.85. The van der Waals surface area contributed by atoms with Gasteiger partial charge in [0, 0.05) is 6.07 Å². The summed E-state index contributed by atoms with van der Waals surface area (Å²) in [6.45, 7) is 0. The molecule has 10 heteroatoms. The Morgan fingerprint density at radius 2 is 1.94 bits per heavy atom. The maximum absolute atomic E-state index is 13.2. The number of hydrogen-bond donors (Lipinski definition) is 3. The van der Waals surface area contributed by atoms with E-state index in [1.165, 1.54) is 4.72 Å². The van der Waals surface area contributed by atoms with Crippen LogP contribution in [-0.2, 0) is 14.9 Å². The molecule has 0 unspecified atom stereocenters. The van der Waals surface area contributed by atoms with Crippen molar-refractivity contribution in [1.29, 1.82) is 0 Å². The highest BCUT2D eigenvalue weighted by Crippen LogP contribution is 2.21. The molecule has 0 spiro atoms. The maximum Gasteiger partial charge on any atom is 0.422 e. The van der Waals surface area contributed by atoms with Crippen LogP contribution in [0.25, 0.3) is 0 Å². The quantitative estimate of drug-likeness (QED) is 0.701. The number of carbonyl (C=O) groups is 1. The molecule has 0 saturated heterocycles. The van der Waals surface area contributed by atoms with Gasteiger partial charge in [0.2, 0.25) is 0 Å². The van der Waals surface area contributed by atoms with Crippen molar-refractivity contribution in [2.45, 2.75) is 0 Å². The summed E-state index contributed by atoms with van der Waals surface area (Å²) in [5.74, 6) is -2.21. The normalized spacial score (nSPS) is 10.8. The smallest absolute Gasteiger partial charge is 0.422 e. The number of methoxy groups -OCH3 is 1. The number of hydrogen-bond acceptors (Lipinski definition) is 5. The Bertz CT molecular complexity index is 576. The number of nitrogen functional groups attached to an aromatic ring is 1. The Labute approximate surface area is 101 Å². The van der Waals surface area contributed by atoms with Crippen LogP contribution >= 0.6 is 0 Å². The number of benzene rings is 1. The standard InChI is InChI=1S/C8H9F2N3O4S/c1-17-8(14)13-18(15,16)12-7-3-6(11)4(9)2-5(7)10/h2-3,12H,11H2,1H3,(H,13,14). The van der Waals surface area contributed by atoms with Gasteiger partial charge in [-0.3, -0.25) is 4.72 Å². The maximum atomic E-state index is 13.2. The molecule has 1 aromatic carbocycles. The zero-order valence-electron chi connectivity index (χ0n) is 9.03. The van der Waals surface area contributed by atoms with Crippen molar-refractivity contribution >= 4 is 27.7 Å². The highest BCUT2D eigenvalue weighted by atomic mass is 32.2. The zero-order chi connectivity index (χ0) is 13.9. The predicted molar refractivity (Wildman–Crippen MR) is 58.9 cm³/mol. The number of carbonyl (C=O) groups excluding carboxylic acids is 1. The van der Waals surface area contributed by atoms with Crippen molar-refractivity contribution in [2.24, 2.45) is 0 Å². The molecule has 0 bridgehead atoms. The van der Waals surface area contributed by atoms with Crippen molar-refractivity contribution in [2.75, 3.05) is 17.6 Å².